The zero-order valence-electron chi connectivity index (χ0n) is 10.6. The van der Waals surface area contributed by atoms with Gasteiger partial charge in [-0.3, -0.25) is 4.99 Å². The van der Waals surface area contributed by atoms with Gasteiger partial charge in [-0.05, 0) is 17.7 Å². The molecule has 1 saturated heterocycles. The van der Waals surface area contributed by atoms with Crippen LogP contribution in [0.25, 0.3) is 0 Å². The maximum atomic E-state index is 10.1. The molecule has 1 atom stereocenters. The van der Waals surface area contributed by atoms with Crippen LogP contribution in [-0.2, 0) is 4.74 Å². The lowest BCUT2D eigenvalue weighted by Gasteiger charge is -2.27. The molecule has 0 bridgehead atoms. The Morgan fingerprint density at radius 2 is 2.21 bits per heavy atom. The number of hydrogen-bond donors (Lipinski definition) is 2. The Bertz CT molecular complexity index is 447. The minimum absolute atomic E-state index is 0.264. The third kappa shape index (κ3) is 4.19. The van der Waals surface area contributed by atoms with E-state index >= 15 is 0 Å². The standard InChI is InChI=1S/C13H18BrN3O2/c14-11-3-1-2-10(8-11)12(18)9-16-13(15)17-4-6-19-7-5-17/h1-3,8,12,18H,4-7,9H2,(H2,15,16)/t12-/m1/s1. The summed E-state index contributed by atoms with van der Waals surface area (Å²) in [6.45, 7) is 3.11. The Morgan fingerprint density at radius 1 is 1.47 bits per heavy atom. The molecule has 1 aliphatic rings. The number of rotatable bonds is 3. The molecule has 2 rings (SSSR count). The van der Waals surface area contributed by atoms with Gasteiger partial charge >= 0.3 is 0 Å². The third-order valence-electron chi connectivity index (χ3n) is 2.99. The van der Waals surface area contributed by atoms with Gasteiger partial charge in [-0.2, -0.15) is 0 Å². The molecule has 0 spiro atoms. The molecule has 0 saturated carbocycles. The van der Waals surface area contributed by atoms with E-state index in [1.807, 2.05) is 29.2 Å². The van der Waals surface area contributed by atoms with Gasteiger partial charge in [-0.15, -0.1) is 0 Å². The lowest BCUT2D eigenvalue weighted by Crippen LogP contribution is -2.45. The van der Waals surface area contributed by atoms with Gasteiger partial charge in [0.25, 0.3) is 0 Å². The van der Waals surface area contributed by atoms with Crippen molar-refractivity contribution in [3.05, 3.63) is 34.3 Å². The van der Waals surface area contributed by atoms with Crippen LogP contribution in [0.3, 0.4) is 0 Å². The van der Waals surface area contributed by atoms with Gasteiger partial charge in [0.2, 0.25) is 0 Å². The smallest absolute Gasteiger partial charge is 0.191 e. The predicted molar refractivity (Wildman–Crippen MR) is 78.0 cm³/mol. The lowest BCUT2D eigenvalue weighted by atomic mass is 10.1. The monoisotopic (exact) mass is 327 g/mol. The van der Waals surface area contributed by atoms with E-state index in [4.69, 9.17) is 10.5 Å². The van der Waals surface area contributed by atoms with Gasteiger partial charge in [0.1, 0.15) is 0 Å². The molecule has 0 radical (unpaired) electrons. The third-order valence-corrected chi connectivity index (χ3v) is 3.49. The number of aliphatic imine (C=N–C) groups is 1. The number of guanidine groups is 1. The molecular formula is C13H18BrN3O2. The second-order valence-electron chi connectivity index (χ2n) is 4.37. The first-order valence-corrected chi connectivity index (χ1v) is 7.02. The molecule has 0 unspecified atom stereocenters. The summed E-state index contributed by atoms with van der Waals surface area (Å²) in [5.41, 5.74) is 6.73. The van der Waals surface area contributed by atoms with Crippen molar-refractivity contribution in [2.24, 2.45) is 10.7 Å². The van der Waals surface area contributed by atoms with Gasteiger partial charge in [0, 0.05) is 17.6 Å². The number of morpholine rings is 1. The van der Waals surface area contributed by atoms with E-state index in [0.29, 0.717) is 19.2 Å². The van der Waals surface area contributed by atoms with E-state index in [0.717, 1.165) is 23.1 Å². The first-order chi connectivity index (χ1) is 9.16. The van der Waals surface area contributed by atoms with E-state index < -0.39 is 6.10 Å². The summed E-state index contributed by atoms with van der Waals surface area (Å²) in [4.78, 5) is 6.22. The lowest BCUT2D eigenvalue weighted by molar-refractivity contribution is 0.0672. The van der Waals surface area contributed by atoms with Gasteiger partial charge in [-0.1, -0.05) is 28.1 Å². The van der Waals surface area contributed by atoms with Crippen molar-refractivity contribution >= 4 is 21.9 Å². The average molecular weight is 328 g/mol. The van der Waals surface area contributed by atoms with Crippen LogP contribution in [0, 0.1) is 0 Å². The van der Waals surface area contributed by atoms with Crippen molar-refractivity contribution < 1.29 is 9.84 Å². The summed E-state index contributed by atoms with van der Waals surface area (Å²) in [6, 6.07) is 7.56. The second kappa shape index (κ2) is 6.88. The number of halogens is 1. The zero-order valence-corrected chi connectivity index (χ0v) is 12.2. The van der Waals surface area contributed by atoms with Gasteiger partial charge < -0.3 is 20.5 Å². The van der Waals surface area contributed by atoms with E-state index in [2.05, 4.69) is 20.9 Å². The van der Waals surface area contributed by atoms with Crippen molar-refractivity contribution in [3.8, 4) is 0 Å². The van der Waals surface area contributed by atoms with Crippen LogP contribution in [0.15, 0.2) is 33.7 Å². The molecule has 6 heteroatoms. The number of nitrogens with zero attached hydrogens (tertiary/aromatic N) is 2. The Balaban J connectivity index is 1.93. The van der Waals surface area contributed by atoms with Crippen LogP contribution in [0.1, 0.15) is 11.7 Å². The van der Waals surface area contributed by atoms with E-state index in [1.54, 1.807) is 0 Å². The number of hydrogen-bond acceptors (Lipinski definition) is 3. The van der Waals surface area contributed by atoms with Crippen LogP contribution >= 0.6 is 15.9 Å². The number of ether oxygens (including phenoxy) is 1. The highest BCUT2D eigenvalue weighted by molar-refractivity contribution is 9.10. The number of benzene rings is 1. The van der Waals surface area contributed by atoms with Crippen molar-refractivity contribution in [1.82, 2.24) is 4.90 Å². The largest absolute Gasteiger partial charge is 0.386 e. The number of aliphatic hydroxyl groups excluding tert-OH is 1. The highest BCUT2D eigenvalue weighted by Crippen LogP contribution is 2.18. The van der Waals surface area contributed by atoms with Crippen molar-refractivity contribution in [2.45, 2.75) is 6.10 Å². The summed E-state index contributed by atoms with van der Waals surface area (Å²) >= 11 is 3.38. The Morgan fingerprint density at radius 3 is 2.89 bits per heavy atom. The molecule has 1 heterocycles. The minimum Gasteiger partial charge on any atom is -0.386 e. The molecule has 0 aliphatic carbocycles. The molecule has 1 fully saturated rings. The summed E-state index contributed by atoms with van der Waals surface area (Å²) in [6.07, 6.45) is -0.642. The normalized spacial score (nSPS) is 18.4. The Kier molecular flexibility index (Phi) is 5.18. The van der Waals surface area contributed by atoms with Crippen molar-refractivity contribution in [2.75, 3.05) is 32.8 Å². The average Bonchev–Trinajstić information content (AvgIpc) is 2.45. The SMILES string of the molecule is NC(=NC[C@@H](O)c1cccc(Br)c1)N1CCOCC1. The minimum atomic E-state index is -0.642. The first-order valence-electron chi connectivity index (χ1n) is 6.23. The summed E-state index contributed by atoms with van der Waals surface area (Å²) in [5.74, 6) is 0.470. The van der Waals surface area contributed by atoms with E-state index in [1.165, 1.54) is 0 Å². The van der Waals surface area contributed by atoms with Crippen LogP contribution in [0.5, 0.6) is 0 Å². The molecule has 104 valence electrons. The molecule has 1 aromatic carbocycles. The predicted octanol–water partition coefficient (Wildman–Crippen LogP) is 1.13. The Hall–Kier alpha value is -1.11. The molecular weight excluding hydrogens is 310 g/mol. The number of nitrogens with two attached hydrogens (primary N) is 1. The fraction of sp³-hybridized carbons (Fsp3) is 0.462. The van der Waals surface area contributed by atoms with E-state index in [-0.39, 0.29) is 6.54 Å². The second-order valence-corrected chi connectivity index (χ2v) is 5.28. The number of aliphatic hydroxyl groups is 1. The topological polar surface area (TPSA) is 71.1 Å². The van der Waals surface area contributed by atoms with Gasteiger partial charge in [-0.25, -0.2) is 0 Å². The summed E-state index contributed by atoms with van der Waals surface area (Å²) in [7, 11) is 0. The summed E-state index contributed by atoms with van der Waals surface area (Å²) < 4.78 is 6.19. The molecule has 1 aliphatic heterocycles. The molecule has 5 nitrogen and oxygen atoms in total. The first kappa shape index (κ1) is 14.3. The summed E-state index contributed by atoms with van der Waals surface area (Å²) in [5, 5.41) is 10.1. The van der Waals surface area contributed by atoms with Crippen molar-refractivity contribution in [1.29, 1.82) is 0 Å². The quantitative estimate of drug-likeness (QED) is 0.645. The molecule has 0 amide bonds. The highest BCUT2D eigenvalue weighted by Gasteiger charge is 2.13. The Labute approximate surface area is 121 Å². The van der Waals surface area contributed by atoms with Gasteiger partial charge in [0.05, 0.1) is 25.9 Å². The molecule has 3 N–H and O–H groups in total. The van der Waals surface area contributed by atoms with Crippen molar-refractivity contribution in [3.63, 3.8) is 0 Å². The molecule has 1 aromatic rings. The zero-order chi connectivity index (χ0) is 13.7. The van der Waals surface area contributed by atoms with Crippen LogP contribution in [-0.4, -0.2) is 48.8 Å². The van der Waals surface area contributed by atoms with Crippen LogP contribution in [0.4, 0.5) is 0 Å². The van der Waals surface area contributed by atoms with Gasteiger partial charge in [0.15, 0.2) is 5.96 Å². The maximum absolute atomic E-state index is 10.1. The van der Waals surface area contributed by atoms with E-state index in [9.17, 15) is 5.11 Å². The molecule has 19 heavy (non-hydrogen) atoms. The highest BCUT2D eigenvalue weighted by atomic mass is 79.9. The maximum Gasteiger partial charge on any atom is 0.191 e. The molecule has 0 aromatic heterocycles. The fourth-order valence-corrected chi connectivity index (χ4v) is 2.31. The fourth-order valence-electron chi connectivity index (χ4n) is 1.89. The van der Waals surface area contributed by atoms with Crippen LogP contribution in [0.2, 0.25) is 0 Å². The van der Waals surface area contributed by atoms with Crippen LogP contribution < -0.4 is 5.73 Å².